The van der Waals surface area contributed by atoms with Gasteiger partial charge in [0.25, 0.3) is 0 Å². The molecule has 2 fully saturated rings. The third-order valence-electron chi connectivity index (χ3n) is 3.33. The van der Waals surface area contributed by atoms with E-state index in [4.69, 9.17) is 0 Å². The number of urea groups is 1. The highest BCUT2D eigenvalue weighted by molar-refractivity contribution is 5.77. The Morgan fingerprint density at radius 1 is 1.33 bits per heavy atom. The van der Waals surface area contributed by atoms with Crippen LogP contribution in [0, 0.1) is 0 Å². The number of hydrogen-bond donors (Lipinski definition) is 1. The third kappa shape index (κ3) is 1.95. The zero-order valence-electron chi connectivity index (χ0n) is 9.92. The highest BCUT2D eigenvalue weighted by Crippen LogP contribution is 2.23. The van der Waals surface area contributed by atoms with Crippen molar-refractivity contribution in [3.05, 3.63) is 0 Å². The average molecular weight is 211 g/mol. The summed E-state index contributed by atoms with van der Waals surface area (Å²) in [5, 5.41) is 3.31. The predicted molar refractivity (Wildman–Crippen MR) is 59.8 cm³/mol. The lowest BCUT2D eigenvalue weighted by Gasteiger charge is -2.32. The molecule has 0 bridgehead atoms. The Kier molecular flexibility index (Phi) is 2.63. The van der Waals surface area contributed by atoms with Crippen molar-refractivity contribution in [3.63, 3.8) is 0 Å². The van der Waals surface area contributed by atoms with Crippen LogP contribution in [0.5, 0.6) is 0 Å². The van der Waals surface area contributed by atoms with E-state index in [1.54, 1.807) is 0 Å². The first kappa shape index (κ1) is 10.7. The van der Waals surface area contributed by atoms with Crippen LogP contribution in [-0.2, 0) is 0 Å². The molecule has 1 N–H and O–H groups in total. The molecule has 2 heterocycles. The van der Waals surface area contributed by atoms with Gasteiger partial charge < -0.3 is 15.1 Å². The number of amides is 2. The minimum atomic E-state index is -0.0438. The molecule has 0 aromatic carbocycles. The molecule has 0 aromatic heterocycles. The Balaban J connectivity index is 2.03. The van der Waals surface area contributed by atoms with Crippen LogP contribution in [0.2, 0.25) is 0 Å². The quantitative estimate of drug-likeness (QED) is 0.699. The second kappa shape index (κ2) is 3.67. The summed E-state index contributed by atoms with van der Waals surface area (Å²) in [6, 6.07) is 0.640. The number of nitrogens with zero attached hydrogens (tertiary/aromatic N) is 2. The molecule has 2 aliphatic heterocycles. The summed E-state index contributed by atoms with van der Waals surface area (Å²) in [6.45, 7) is 10.1. The largest absolute Gasteiger partial charge is 0.320 e. The minimum absolute atomic E-state index is 0.0438. The molecular formula is C11H21N3O. The van der Waals surface area contributed by atoms with E-state index in [0.717, 1.165) is 32.6 Å². The van der Waals surface area contributed by atoms with Gasteiger partial charge in [-0.1, -0.05) is 0 Å². The van der Waals surface area contributed by atoms with E-state index in [2.05, 4.69) is 26.1 Å². The van der Waals surface area contributed by atoms with Gasteiger partial charge in [-0.3, -0.25) is 0 Å². The van der Waals surface area contributed by atoms with E-state index in [1.165, 1.54) is 0 Å². The fraction of sp³-hybridized carbons (Fsp3) is 0.909. The number of rotatable bonds is 1. The summed E-state index contributed by atoms with van der Waals surface area (Å²) in [7, 11) is 0. The lowest BCUT2D eigenvalue weighted by molar-refractivity contribution is 0.148. The van der Waals surface area contributed by atoms with Gasteiger partial charge in [0, 0.05) is 31.2 Å². The Morgan fingerprint density at radius 2 is 2.07 bits per heavy atom. The fourth-order valence-electron chi connectivity index (χ4n) is 2.42. The summed E-state index contributed by atoms with van der Waals surface area (Å²) in [5.74, 6) is 0. The van der Waals surface area contributed by atoms with Crippen molar-refractivity contribution < 1.29 is 4.79 Å². The highest BCUT2D eigenvalue weighted by Gasteiger charge is 2.39. The molecule has 0 spiro atoms. The Hall–Kier alpha value is -0.770. The van der Waals surface area contributed by atoms with E-state index in [1.807, 2.05) is 9.80 Å². The van der Waals surface area contributed by atoms with Crippen LogP contribution in [0.1, 0.15) is 27.2 Å². The molecule has 2 aliphatic rings. The molecular weight excluding hydrogens is 190 g/mol. The second-order valence-corrected chi connectivity index (χ2v) is 5.45. The highest BCUT2D eigenvalue weighted by atomic mass is 16.2. The van der Waals surface area contributed by atoms with E-state index >= 15 is 0 Å². The Morgan fingerprint density at radius 3 is 2.53 bits per heavy atom. The minimum Gasteiger partial charge on any atom is -0.319 e. The number of carbonyl (C=O) groups is 1. The van der Waals surface area contributed by atoms with Crippen molar-refractivity contribution >= 4 is 6.03 Å². The molecule has 0 radical (unpaired) electrons. The van der Waals surface area contributed by atoms with Crippen molar-refractivity contribution in [2.45, 2.75) is 38.8 Å². The van der Waals surface area contributed by atoms with Crippen LogP contribution < -0.4 is 5.32 Å². The van der Waals surface area contributed by atoms with Crippen molar-refractivity contribution in [2.24, 2.45) is 0 Å². The van der Waals surface area contributed by atoms with E-state index in [0.29, 0.717) is 6.04 Å². The zero-order chi connectivity index (χ0) is 11.1. The second-order valence-electron chi connectivity index (χ2n) is 5.45. The van der Waals surface area contributed by atoms with Crippen LogP contribution in [0.15, 0.2) is 0 Å². The number of nitrogens with one attached hydrogen (secondary N) is 1. The average Bonchev–Trinajstić information content (AvgIpc) is 2.69. The van der Waals surface area contributed by atoms with Gasteiger partial charge in [-0.05, 0) is 33.7 Å². The van der Waals surface area contributed by atoms with Crippen LogP contribution >= 0.6 is 0 Å². The maximum absolute atomic E-state index is 12.2. The summed E-state index contributed by atoms with van der Waals surface area (Å²) in [4.78, 5) is 16.2. The summed E-state index contributed by atoms with van der Waals surface area (Å²) in [5.41, 5.74) is -0.0438. The maximum Gasteiger partial charge on any atom is 0.320 e. The normalized spacial score (nSPS) is 27.9. The van der Waals surface area contributed by atoms with Crippen molar-refractivity contribution in [3.8, 4) is 0 Å². The molecule has 2 saturated heterocycles. The van der Waals surface area contributed by atoms with Gasteiger partial charge >= 0.3 is 6.03 Å². The molecule has 4 heteroatoms. The molecule has 0 saturated carbocycles. The molecule has 0 aliphatic carbocycles. The first-order chi connectivity index (χ1) is 7.00. The fourth-order valence-corrected chi connectivity index (χ4v) is 2.42. The summed E-state index contributed by atoms with van der Waals surface area (Å²) >= 11 is 0. The van der Waals surface area contributed by atoms with E-state index in [-0.39, 0.29) is 11.6 Å². The summed E-state index contributed by atoms with van der Waals surface area (Å²) < 4.78 is 0. The first-order valence-corrected chi connectivity index (χ1v) is 5.79. The monoisotopic (exact) mass is 211 g/mol. The Bertz CT molecular complexity index is 253. The smallest absolute Gasteiger partial charge is 0.319 e. The first-order valence-electron chi connectivity index (χ1n) is 5.79. The lowest BCUT2D eigenvalue weighted by Crippen LogP contribution is -2.46. The van der Waals surface area contributed by atoms with Gasteiger partial charge in [-0.2, -0.15) is 0 Å². The van der Waals surface area contributed by atoms with Gasteiger partial charge in [0.15, 0.2) is 0 Å². The third-order valence-corrected chi connectivity index (χ3v) is 3.33. The van der Waals surface area contributed by atoms with Gasteiger partial charge in [-0.15, -0.1) is 0 Å². The predicted octanol–water partition coefficient (Wildman–Crippen LogP) is 0.884. The number of carbonyl (C=O) groups excluding carboxylic acids is 1. The number of hydrogen-bond acceptors (Lipinski definition) is 2. The topological polar surface area (TPSA) is 35.6 Å². The molecule has 1 atom stereocenters. The lowest BCUT2D eigenvalue weighted by atomic mass is 10.1. The maximum atomic E-state index is 12.2. The molecule has 15 heavy (non-hydrogen) atoms. The molecule has 2 amide bonds. The van der Waals surface area contributed by atoms with Crippen LogP contribution in [-0.4, -0.2) is 53.6 Å². The van der Waals surface area contributed by atoms with Crippen LogP contribution in [0.4, 0.5) is 4.79 Å². The van der Waals surface area contributed by atoms with Crippen LogP contribution in [0.3, 0.4) is 0 Å². The van der Waals surface area contributed by atoms with Gasteiger partial charge in [0.1, 0.15) is 0 Å². The van der Waals surface area contributed by atoms with Crippen molar-refractivity contribution in [2.75, 3.05) is 26.2 Å². The SMILES string of the molecule is CC(C)(C)N1CCN(C2CCNC2)C1=O. The van der Waals surface area contributed by atoms with E-state index < -0.39 is 0 Å². The molecule has 4 nitrogen and oxygen atoms in total. The van der Waals surface area contributed by atoms with Crippen molar-refractivity contribution in [1.29, 1.82) is 0 Å². The van der Waals surface area contributed by atoms with Gasteiger partial charge in [0.05, 0.1) is 0 Å². The standard InChI is InChI=1S/C11H21N3O/c1-11(2,3)14-7-6-13(10(14)15)9-4-5-12-8-9/h9,12H,4-8H2,1-3H3. The molecule has 0 aromatic rings. The van der Waals surface area contributed by atoms with Gasteiger partial charge in [-0.25, -0.2) is 4.79 Å². The molecule has 86 valence electrons. The van der Waals surface area contributed by atoms with Gasteiger partial charge in [0.2, 0.25) is 0 Å². The molecule has 2 rings (SSSR count). The van der Waals surface area contributed by atoms with Crippen molar-refractivity contribution in [1.82, 2.24) is 15.1 Å². The zero-order valence-corrected chi connectivity index (χ0v) is 9.92. The van der Waals surface area contributed by atoms with E-state index in [9.17, 15) is 4.79 Å². The van der Waals surface area contributed by atoms with Crippen LogP contribution in [0.25, 0.3) is 0 Å². The molecule has 1 unspecified atom stereocenters. The summed E-state index contributed by atoms with van der Waals surface area (Å²) in [6.07, 6.45) is 1.10. The Labute approximate surface area is 91.6 Å².